The zero-order chi connectivity index (χ0) is 17.2. The van der Waals surface area contributed by atoms with Crippen LogP contribution in [0.2, 0.25) is 0 Å². The predicted molar refractivity (Wildman–Crippen MR) is 90.4 cm³/mol. The van der Waals surface area contributed by atoms with Crippen LogP contribution in [0.1, 0.15) is 54.1 Å². The van der Waals surface area contributed by atoms with Crippen molar-refractivity contribution < 1.29 is 9.90 Å². The lowest BCUT2D eigenvalue weighted by Crippen LogP contribution is -2.28. The molecule has 1 atom stereocenters. The predicted octanol–water partition coefficient (Wildman–Crippen LogP) is 2.49. The zero-order valence-corrected chi connectivity index (χ0v) is 14.4. The van der Waals surface area contributed by atoms with Gasteiger partial charge in [0.05, 0.1) is 17.4 Å². The van der Waals surface area contributed by atoms with E-state index in [9.17, 15) is 9.90 Å². The van der Waals surface area contributed by atoms with Crippen LogP contribution in [0.3, 0.4) is 0 Å². The number of aliphatic hydroxyl groups is 1. The number of carbonyl (C=O) groups excluding carboxylic acids is 1. The molecular weight excluding hydrogens is 290 g/mol. The summed E-state index contributed by atoms with van der Waals surface area (Å²) in [5, 5.41) is 17.1. The van der Waals surface area contributed by atoms with Crippen molar-refractivity contribution in [2.75, 3.05) is 6.54 Å². The van der Waals surface area contributed by atoms with Gasteiger partial charge in [-0.1, -0.05) is 45.0 Å². The highest BCUT2D eigenvalue weighted by molar-refractivity contribution is 5.95. The number of nitrogens with zero attached hydrogens (tertiary/aromatic N) is 2. The molecule has 1 amide bonds. The number of amides is 1. The Kier molecular flexibility index (Phi) is 4.90. The van der Waals surface area contributed by atoms with Gasteiger partial charge < -0.3 is 10.4 Å². The highest BCUT2D eigenvalue weighted by Crippen LogP contribution is 2.23. The minimum atomic E-state index is -0.732. The molecule has 0 saturated heterocycles. The van der Waals surface area contributed by atoms with Crippen molar-refractivity contribution in [3.05, 3.63) is 52.8 Å². The Bertz CT molecular complexity index is 681. The van der Waals surface area contributed by atoms with Crippen LogP contribution in [0.15, 0.2) is 30.5 Å². The Morgan fingerprint density at radius 3 is 2.39 bits per heavy atom. The van der Waals surface area contributed by atoms with Crippen LogP contribution in [0, 0.1) is 6.92 Å². The maximum absolute atomic E-state index is 12.1. The van der Waals surface area contributed by atoms with E-state index in [0.717, 1.165) is 5.56 Å². The third-order valence-electron chi connectivity index (χ3n) is 3.88. The van der Waals surface area contributed by atoms with E-state index in [-0.39, 0.29) is 17.9 Å². The van der Waals surface area contributed by atoms with Crippen LogP contribution in [-0.4, -0.2) is 27.3 Å². The number of aromatic nitrogens is 2. The second-order valence-corrected chi connectivity index (χ2v) is 6.90. The van der Waals surface area contributed by atoms with Crippen molar-refractivity contribution in [2.24, 2.45) is 7.05 Å². The Morgan fingerprint density at radius 2 is 1.91 bits per heavy atom. The van der Waals surface area contributed by atoms with Crippen LogP contribution in [0.5, 0.6) is 0 Å². The van der Waals surface area contributed by atoms with Crippen molar-refractivity contribution in [1.82, 2.24) is 15.1 Å². The highest BCUT2D eigenvalue weighted by Gasteiger charge is 2.16. The zero-order valence-electron chi connectivity index (χ0n) is 14.4. The van der Waals surface area contributed by atoms with Crippen molar-refractivity contribution in [1.29, 1.82) is 0 Å². The van der Waals surface area contributed by atoms with Crippen molar-refractivity contribution in [3.8, 4) is 0 Å². The molecule has 0 spiro atoms. The van der Waals surface area contributed by atoms with Crippen LogP contribution in [-0.2, 0) is 12.5 Å². The first kappa shape index (κ1) is 17.2. The van der Waals surface area contributed by atoms with Crippen LogP contribution in [0.4, 0.5) is 0 Å². The molecule has 2 rings (SSSR count). The number of benzene rings is 1. The lowest BCUT2D eigenvalue weighted by atomic mass is 9.86. The van der Waals surface area contributed by atoms with E-state index in [4.69, 9.17) is 0 Å². The minimum absolute atomic E-state index is 0.0789. The summed E-state index contributed by atoms with van der Waals surface area (Å²) in [6, 6.07) is 7.86. The number of hydrogen-bond acceptors (Lipinski definition) is 3. The van der Waals surface area contributed by atoms with Gasteiger partial charge in [0.1, 0.15) is 0 Å². The minimum Gasteiger partial charge on any atom is -0.387 e. The fraction of sp³-hybridized carbons (Fsp3) is 0.444. The quantitative estimate of drug-likeness (QED) is 0.911. The van der Waals surface area contributed by atoms with E-state index in [1.807, 2.05) is 24.3 Å². The number of carbonyl (C=O) groups is 1. The summed E-state index contributed by atoms with van der Waals surface area (Å²) in [5.74, 6) is -0.221. The summed E-state index contributed by atoms with van der Waals surface area (Å²) < 4.78 is 1.60. The summed E-state index contributed by atoms with van der Waals surface area (Å²) in [7, 11) is 1.77. The Hall–Kier alpha value is -2.14. The number of hydrogen-bond donors (Lipinski definition) is 2. The van der Waals surface area contributed by atoms with Crippen LogP contribution in [0.25, 0.3) is 0 Å². The number of aliphatic hydroxyl groups excluding tert-OH is 1. The van der Waals surface area contributed by atoms with Gasteiger partial charge in [-0.3, -0.25) is 9.48 Å². The summed E-state index contributed by atoms with van der Waals surface area (Å²) in [5.41, 5.74) is 3.29. The van der Waals surface area contributed by atoms with Crippen molar-refractivity contribution >= 4 is 5.91 Å². The number of nitrogens with one attached hydrogen (secondary N) is 1. The molecule has 124 valence electrons. The molecule has 1 unspecified atom stereocenters. The SMILES string of the molecule is Cc1nn(C)cc1C(=O)NCC(O)c1ccc(C(C)(C)C)cc1. The van der Waals surface area contributed by atoms with E-state index in [1.165, 1.54) is 5.56 Å². The number of aryl methyl sites for hydroxylation is 2. The smallest absolute Gasteiger partial charge is 0.254 e. The second-order valence-electron chi connectivity index (χ2n) is 6.90. The standard InChI is InChI=1S/C18H25N3O2/c1-12-15(11-21(5)20-12)17(23)19-10-16(22)13-6-8-14(9-7-13)18(2,3)4/h6-9,11,16,22H,10H2,1-5H3,(H,19,23). The lowest BCUT2D eigenvalue weighted by molar-refractivity contribution is 0.0915. The topological polar surface area (TPSA) is 67.2 Å². The van der Waals surface area contributed by atoms with Crippen molar-refractivity contribution in [2.45, 2.75) is 39.2 Å². The van der Waals surface area contributed by atoms with Gasteiger partial charge in [-0.2, -0.15) is 5.10 Å². The van der Waals surface area contributed by atoms with Crippen LogP contribution >= 0.6 is 0 Å². The molecule has 0 fully saturated rings. The molecule has 5 nitrogen and oxygen atoms in total. The summed E-state index contributed by atoms with van der Waals surface area (Å²) in [6.45, 7) is 8.40. The Morgan fingerprint density at radius 1 is 1.30 bits per heavy atom. The molecule has 0 saturated carbocycles. The van der Waals surface area contributed by atoms with Gasteiger partial charge in [-0.25, -0.2) is 0 Å². The molecule has 0 aliphatic carbocycles. The number of rotatable bonds is 4. The van der Waals surface area contributed by atoms with E-state index in [0.29, 0.717) is 11.3 Å². The third kappa shape index (κ3) is 4.20. The lowest BCUT2D eigenvalue weighted by Gasteiger charge is -2.20. The summed E-state index contributed by atoms with van der Waals surface area (Å²) in [6.07, 6.45) is 0.944. The second kappa shape index (κ2) is 6.54. The molecule has 0 aliphatic rings. The van der Waals surface area contributed by atoms with Gasteiger partial charge in [-0.15, -0.1) is 0 Å². The molecule has 2 N–H and O–H groups in total. The molecule has 1 aromatic carbocycles. The molecule has 23 heavy (non-hydrogen) atoms. The highest BCUT2D eigenvalue weighted by atomic mass is 16.3. The van der Waals surface area contributed by atoms with Gasteiger partial charge >= 0.3 is 0 Å². The average Bonchev–Trinajstić information content (AvgIpc) is 2.82. The Balaban J connectivity index is 1.98. The molecule has 0 bridgehead atoms. The first-order chi connectivity index (χ1) is 10.7. The molecular formula is C18H25N3O2. The maximum atomic E-state index is 12.1. The third-order valence-corrected chi connectivity index (χ3v) is 3.88. The monoisotopic (exact) mass is 315 g/mol. The normalized spacial score (nSPS) is 13.0. The molecule has 0 aliphatic heterocycles. The van der Waals surface area contributed by atoms with Gasteiger partial charge in [-0.05, 0) is 23.5 Å². The molecule has 2 aromatic rings. The van der Waals surface area contributed by atoms with E-state index >= 15 is 0 Å². The molecule has 5 heteroatoms. The van der Waals surface area contributed by atoms with Crippen molar-refractivity contribution in [3.63, 3.8) is 0 Å². The van der Waals surface area contributed by atoms with Gasteiger partial charge in [0.25, 0.3) is 5.91 Å². The maximum Gasteiger partial charge on any atom is 0.254 e. The molecule has 1 aromatic heterocycles. The Labute approximate surface area is 137 Å². The van der Waals surface area contributed by atoms with E-state index < -0.39 is 6.10 Å². The first-order valence-electron chi connectivity index (χ1n) is 7.75. The fourth-order valence-corrected chi connectivity index (χ4v) is 2.43. The van der Waals surface area contributed by atoms with Gasteiger partial charge in [0, 0.05) is 19.8 Å². The van der Waals surface area contributed by atoms with E-state index in [2.05, 4.69) is 31.2 Å². The fourth-order valence-electron chi connectivity index (χ4n) is 2.43. The summed E-state index contributed by atoms with van der Waals surface area (Å²) >= 11 is 0. The van der Waals surface area contributed by atoms with Gasteiger partial charge in [0.2, 0.25) is 0 Å². The van der Waals surface area contributed by atoms with Crippen LogP contribution < -0.4 is 5.32 Å². The molecule has 0 radical (unpaired) electrons. The van der Waals surface area contributed by atoms with Gasteiger partial charge in [0.15, 0.2) is 0 Å². The molecule has 1 heterocycles. The first-order valence-corrected chi connectivity index (χ1v) is 7.75. The van der Waals surface area contributed by atoms with E-state index in [1.54, 1.807) is 24.9 Å². The average molecular weight is 315 g/mol. The largest absolute Gasteiger partial charge is 0.387 e. The summed E-state index contributed by atoms with van der Waals surface area (Å²) in [4.78, 5) is 12.1.